The molecule has 234 valence electrons. The Morgan fingerprint density at radius 3 is 2.48 bits per heavy atom. The highest BCUT2D eigenvalue weighted by Gasteiger charge is 2.39. The van der Waals surface area contributed by atoms with Crippen LogP contribution in [0.15, 0.2) is 42.5 Å². The number of fused-ring (bicyclic) bond motifs is 1. The lowest BCUT2D eigenvalue weighted by Gasteiger charge is -2.37. The summed E-state index contributed by atoms with van der Waals surface area (Å²) in [5.41, 5.74) is 4.31. The number of piperidine rings is 3. The minimum atomic E-state index is -0.604. The summed E-state index contributed by atoms with van der Waals surface area (Å²) in [5.74, 6) is 1.34. The van der Waals surface area contributed by atoms with Crippen LogP contribution in [0.25, 0.3) is 0 Å². The van der Waals surface area contributed by atoms with Crippen LogP contribution in [0.2, 0.25) is 0 Å². The monoisotopic (exact) mass is 600 g/mol. The number of rotatable bonds is 9. The Labute approximate surface area is 259 Å². The maximum absolute atomic E-state index is 13.0. The maximum Gasteiger partial charge on any atom is 0.255 e. The second-order valence-electron chi connectivity index (χ2n) is 13.4. The van der Waals surface area contributed by atoms with Crippen LogP contribution in [0.3, 0.4) is 0 Å². The van der Waals surface area contributed by atoms with Gasteiger partial charge in [-0.25, -0.2) is 0 Å². The molecular formula is C35H44N4O5. The number of carbonyl (C=O) groups is 3. The maximum atomic E-state index is 13.0. The Morgan fingerprint density at radius 1 is 0.909 bits per heavy atom. The second-order valence-corrected chi connectivity index (χ2v) is 13.4. The average molecular weight is 601 g/mol. The van der Waals surface area contributed by atoms with Crippen LogP contribution < -0.4 is 10.1 Å². The molecule has 2 unspecified atom stereocenters. The fraction of sp³-hybridized carbons (Fsp3) is 0.571. The molecule has 7 rings (SSSR count). The van der Waals surface area contributed by atoms with Gasteiger partial charge in [0.05, 0.1) is 13.2 Å². The molecule has 0 aliphatic carbocycles. The van der Waals surface area contributed by atoms with Crippen molar-refractivity contribution in [3.63, 3.8) is 0 Å². The van der Waals surface area contributed by atoms with Gasteiger partial charge in [-0.05, 0) is 92.5 Å². The highest BCUT2D eigenvalue weighted by Crippen LogP contribution is 2.32. The molecule has 9 nitrogen and oxygen atoms in total. The Hall–Kier alpha value is -3.27. The van der Waals surface area contributed by atoms with Gasteiger partial charge in [0.2, 0.25) is 11.8 Å². The Bertz CT molecular complexity index is 1370. The Kier molecular flexibility index (Phi) is 8.69. The van der Waals surface area contributed by atoms with Gasteiger partial charge in [0.25, 0.3) is 5.91 Å². The first-order valence-electron chi connectivity index (χ1n) is 16.5. The molecule has 5 heterocycles. The summed E-state index contributed by atoms with van der Waals surface area (Å²) < 4.78 is 11.7. The van der Waals surface area contributed by atoms with Crippen LogP contribution in [0, 0.1) is 5.92 Å². The van der Waals surface area contributed by atoms with E-state index in [0.717, 1.165) is 50.0 Å². The van der Waals surface area contributed by atoms with Crippen molar-refractivity contribution < 1.29 is 23.9 Å². The molecule has 0 radical (unpaired) electrons. The molecule has 3 amide bonds. The summed E-state index contributed by atoms with van der Waals surface area (Å²) in [6.07, 6.45) is 6.62. The van der Waals surface area contributed by atoms with Crippen molar-refractivity contribution in [3.8, 4) is 5.75 Å². The zero-order valence-electron chi connectivity index (χ0n) is 25.5. The van der Waals surface area contributed by atoms with E-state index in [1.807, 2.05) is 18.2 Å². The zero-order chi connectivity index (χ0) is 30.0. The fourth-order valence-electron chi connectivity index (χ4n) is 7.62. The normalized spacial score (nSPS) is 25.5. The molecule has 0 bridgehead atoms. The molecule has 5 aliphatic rings. The van der Waals surface area contributed by atoms with E-state index in [4.69, 9.17) is 9.47 Å². The quantitative estimate of drug-likeness (QED) is 0.439. The number of nitrogens with one attached hydrogen (secondary N) is 1. The fourth-order valence-corrected chi connectivity index (χ4v) is 7.62. The zero-order valence-corrected chi connectivity index (χ0v) is 25.5. The SMILES string of the molecule is O=C1CCC(N2Cc3cc(OCC4CCCCN4Cc4ccc(C5CCN(CC6COC6)CC5)cc4)ccc3C2=O)C(=O)N1. The van der Waals surface area contributed by atoms with E-state index in [2.05, 4.69) is 39.4 Å². The van der Waals surface area contributed by atoms with E-state index >= 15 is 0 Å². The van der Waals surface area contributed by atoms with Crippen molar-refractivity contribution >= 4 is 17.7 Å². The molecular weight excluding hydrogens is 556 g/mol. The van der Waals surface area contributed by atoms with Crippen molar-refractivity contribution in [1.29, 1.82) is 0 Å². The first-order valence-corrected chi connectivity index (χ1v) is 16.5. The molecule has 44 heavy (non-hydrogen) atoms. The first-order chi connectivity index (χ1) is 21.5. The van der Waals surface area contributed by atoms with Crippen LogP contribution in [0.5, 0.6) is 5.75 Å². The molecule has 0 spiro atoms. The lowest BCUT2D eigenvalue weighted by molar-refractivity contribution is -0.136. The molecule has 1 N–H and O–H groups in total. The molecule has 0 saturated carbocycles. The minimum absolute atomic E-state index is 0.157. The molecule has 2 aromatic rings. The number of imide groups is 1. The van der Waals surface area contributed by atoms with Gasteiger partial charge in [-0.15, -0.1) is 0 Å². The number of amides is 3. The van der Waals surface area contributed by atoms with E-state index in [1.165, 1.54) is 56.4 Å². The summed E-state index contributed by atoms with van der Waals surface area (Å²) in [5, 5.41) is 2.36. The van der Waals surface area contributed by atoms with Gasteiger partial charge in [0, 0.05) is 43.6 Å². The average Bonchev–Trinajstić information content (AvgIpc) is 3.34. The van der Waals surface area contributed by atoms with Gasteiger partial charge in [0.1, 0.15) is 18.4 Å². The summed E-state index contributed by atoms with van der Waals surface area (Å²) in [7, 11) is 0. The second kappa shape index (κ2) is 13.0. The number of carbonyl (C=O) groups excluding carboxylic acids is 3. The van der Waals surface area contributed by atoms with Crippen molar-refractivity contribution in [2.45, 2.75) is 76.0 Å². The first kappa shape index (κ1) is 29.4. The summed E-state index contributed by atoms with van der Waals surface area (Å²) in [6.45, 7) is 8.42. The standard InChI is InChI=1S/C35H44N4O5/c40-33-11-10-32(34(41)36-33)39-20-28-17-30(8-9-31(28)35(39)42)44-23-29-3-1-2-14-38(29)19-24-4-6-26(7-5-24)27-12-15-37(16-13-27)18-25-21-43-22-25/h4-9,17,25,27,29,32H,1-3,10-16,18-23H2,(H,36,40,41). The molecule has 9 heteroatoms. The van der Waals surface area contributed by atoms with Crippen molar-refractivity contribution in [2.75, 3.05) is 46.0 Å². The number of benzene rings is 2. The van der Waals surface area contributed by atoms with Gasteiger partial charge in [-0.2, -0.15) is 0 Å². The highest BCUT2D eigenvalue weighted by molar-refractivity contribution is 6.05. The van der Waals surface area contributed by atoms with Crippen molar-refractivity contribution in [1.82, 2.24) is 20.0 Å². The number of hydrogen-bond donors (Lipinski definition) is 1. The smallest absolute Gasteiger partial charge is 0.255 e. The topological polar surface area (TPSA) is 91.4 Å². The van der Waals surface area contributed by atoms with Crippen LogP contribution in [0.1, 0.15) is 77.9 Å². The van der Waals surface area contributed by atoms with E-state index in [9.17, 15) is 14.4 Å². The largest absolute Gasteiger partial charge is 0.492 e. The lowest BCUT2D eigenvalue weighted by atomic mass is 9.88. The number of nitrogens with zero attached hydrogens (tertiary/aromatic N) is 3. The Balaban J connectivity index is 0.917. The van der Waals surface area contributed by atoms with Crippen LogP contribution >= 0.6 is 0 Å². The molecule has 4 saturated heterocycles. The van der Waals surface area contributed by atoms with E-state index < -0.39 is 6.04 Å². The number of likely N-dealkylation sites (tertiary alicyclic amines) is 2. The predicted molar refractivity (Wildman–Crippen MR) is 165 cm³/mol. The van der Waals surface area contributed by atoms with Crippen LogP contribution in [0.4, 0.5) is 0 Å². The third-order valence-corrected chi connectivity index (χ3v) is 10.3. The van der Waals surface area contributed by atoms with Gasteiger partial charge in [-0.3, -0.25) is 24.6 Å². The van der Waals surface area contributed by atoms with Gasteiger partial charge >= 0.3 is 0 Å². The van der Waals surface area contributed by atoms with E-state index in [-0.39, 0.29) is 24.1 Å². The van der Waals surface area contributed by atoms with E-state index in [1.54, 1.807) is 4.90 Å². The molecule has 5 aliphatic heterocycles. The lowest BCUT2D eigenvalue weighted by Crippen LogP contribution is -2.52. The third-order valence-electron chi connectivity index (χ3n) is 10.3. The van der Waals surface area contributed by atoms with Crippen LogP contribution in [-0.2, 0) is 27.4 Å². The third kappa shape index (κ3) is 6.41. The predicted octanol–water partition coefficient (Wildman–Crippen LogP) is 3.71. The minimum Gasteiger partial charge on any atom is -0.492 e. The summed E-state index contributed by atoms with van der Waals surface area (Å²) >= 11 is 0. The van der Waals surface area contributed by atoms with Crippen molar-refractivity contribution in [2.24, 2.45) is 5.92 Å². The number of ether oxygens (including phenoxy) is 2. The van der Waals surface area contributed by atoms with E-state index in [0.29, 0.717) is 37.1 Å². The van der Waals surface area contributed by atoms with Crippen LogP contribution in [-0.4, -0.2) is 90.5 Å². The molecule has 4 fully saturated rings. The molecule has 2 atom stereocenters. The van der Waals surface area contributed by atoms with Gasteiger partial charge in [0.15, 0.2) is 0 Å². The van der Waals surface area contributed by atoms with Crippen molar-refractivity contribution in [3.05, 3.63) is 64.7 Å². The molecule has 0 aromatic heterocycles. The molecule has 2 aromatic carbocycles. The van der Waals surface area contributed by atoms with Gasteiger partial charge in [-0.1, -0.05) is 30.7 Å². The summed E-state index contributed by atoms with van der Waals surface area (Å²) in [6, 6.07) is 14.7. The highest BCUT2D eigenvalue weighted by atomic mass is 16.5. The number of hydrogen-bond acceptors (Lipinski definition) is 7. The Morgan fingerprint density at radius 2 is 1.73 bits per heavy atom. The van der Waals surface area contributed by atoms with Gasteiger partial charge < -0.3 is 19.3 Å². The summed E-state index contributed by atoms with van der Waals surface area (Å²) in [4.78, 5) is 43.7.